The first-order chi connectivity index (χ1) is 12.2. The zero-order valence-corrected chi connectivity index (χ0v) is 14.4. The molecule has 1 atom stereocenters. The Morgan fingerprint density at radius 2 is 2.12 bits per heavy atom. The Morgan fingerprint density at radius 1 is 1.28 bits per heavy atom. The summed E-state index contributed by atoms with van der Waals surface area (Å²) >= 11 is 0. The minimum absolute atomic E-state index is 0.366. The third-order valence-electron chi connectivity index (χ3n) is 4.63. The van der Waals surface area contributed by atoms with E-state index in [0.717, 1.165) is 24.3 Å². The number of likely N-dealkylation sites (tertiary alicyclic amines) is 1. The van der Waals surface area contributed by atoms with Crippen LogP contribution in [0, 0.1) is 0 Å². The normalized spacial score (nSPS) is 17.9. The lowest BCUT2D eigenvalue weighted by molar-refractivity contribution is 0.212. The van der Waals surface area contributed by atoms with Gasteiger partial charge in [0.15, 0.2) is 0 Å². The standard InChI is InChI=1S/C18H21N5O2/c1-22-11-14(10-19-22)16-4-3-9-23(16)12-17-20-18(21-25-17)13-5-7-15(24-2)8-6-13/h5-8,10-11,16H,3-4,9,12H2,1-2H3/t16-/m0/s1. The van der Waals surface area contributed by atoms with E-state index in [1.165, 1.54) is 12.0 Å². The van der Waals surface area contributed by atoms with Crippen molar-refractivity contribution in [2.24, 2.45) is 7.05 Å². The molecule has 0 saturated carbocycles. The molecule has 4 rings (SSSR count). The molecule has 1 saturated heterocycles. The lowest BCUT2D eigenvalue weighted by Gasteiger charge is -2.21. The van der Waals surface area contributed by atoms with Crippen molar-refractivity contribution in [3.8, 4) is 17.1 Å². The van der Waals surface area contributed by atoms with Gasteiger partial charge in [-0.3, -0.25) is 9.58 Å². The van der Waals surface area contributed by atoms with Crippen molar-refractivity contribution in [2.45, 2.75) is 25.4 Å². The van der Waals surface area contributed by atoms with Crippen LogP contribution in [0.2, 0.25) is 0 Å². The van der Waals surface area contributed by atoms with Gasteiger partial charge in [-0.15, -0.1) is 0 Å². The quantitative estimate of drug-likeness (QED) is 0.712. The molecule has 3 aromatic rings. The summed E-state index contributed by atoms with van der Waals surface area (Å²) in [4.78, 5) is 6.93. The summed E-state index contributed by atoms with van der Waals surface area (Å²) in [5.41, 5.74) is 2.16. The van der Waals surface area contributed by atoms with Crippen LogP contribution >= 0.6 is 0 Å². The third kappa shape index (κ3) is 3.28. The highest BCUT2D eigenvalue weighted by molar-refractivity contribution is 5.55. The van der Waals surface area contributed by atoms with Gasteiger partial charge < -0.3 is 9.26 Å². The topological polar surface area (TPSA) is 69.2 Å². The van der Waals surface area contributed by atoms with E-state index in [4.69, 9.17) is 9.26 Å². The lowest BCUT2D eigenvalue weighted by atomic mass is 10.1. The predicted octanol–water partition coefficient (Wildman–Crippen LogP) is 2.82. The smallest absolute Gasteiger partial charge is 0.241 e. The van der Waals surface area contributed by atoms with Gasteiger partial charge in [-0.25, -0.2) is 0 Å². The molecule has 0 unspecified atom stereocenters. The molecule has 0 aliphatic carbocycles. The Bertz CT molecular complexity index is 839. The zero-order chi connectivity index (χ0) is 17.2. The van der Waals surface area contributed by atoms with Crippen LogP contribution in [0.25, 0.3) is 11.4 Å². The number of ether oxygens (including phenoxy) is 1. The fourth-order valence-corrected chi connectivity index (χ4v) is 3.36. The highest BCUT2D eigenvalue weighted by atomic mass is 16.5. The van der Waals surface area contributed by atoms with Gasteiger partial charge in [0, 0.05) is 30.4 Å². The fraction of sp³-hybridized carbons (Fsp3) is 0.389. The summed E-state index contributed by atoms with van der Waals surface area (Å²) in [5.74, 6) is 2.06. The van der Waals surface area contributed by atoms with Gasteiger partial charge in [0.05, 0.1) is 19.9 Å². The first-order valence-electron chi connectivity index (χ1n) is 8.42. The molecular weight excluding hydrogens is 318 g/mol. The summed E-state index contributed by atoms with van der Waals surface area (Å²) < 4.78 is 12.5. The summed E-state index contributed by atoms with van der Waals surface area (Å²) in [5, 5.41) is 8.40. The maximum absolute atomic E-state index is 5.47. The van der Waals surface area contributed by atoms with Crippen LogP contribution in [0.5, 0.6) is 5.75 Å². The van der Waals surface area contributed by atoms with Crippen LogP contribution in [0.4, 0.5) is 0 Å². The number of rotatable bonds is 5. The summed E-state index contributed by atoms with van der Waals surface area (Å²) in [6, 6.07) is 8.02. The van der Waals surface area contributed by atoms with Gasteiger partial charge in [-0.2, -0.15) is 10.1 Å². The largest absolute Gasteiger partial charge is 0.497 e. The Kier molecular flexibility index (Phi) is 4.23. The van der Waals surface area contributed by atoms with Crippen LogP contribution in [-0.2, 0) is 13.6 Å². The van der Waals surface area contributed by atoms with Crippen molar-refractivity contribution >= 4 is 0 Å². The highest BCUT2D eigenvalue weighted by Crippen LogP contribution is 2.32. The fourth-order valence-electron chi connectivity index (χ4n) is 3.36. The van der Waals surface area contributed by atoms with E-state index in [1.807, 2.05) is 42.2 Å². The van der Waals surface area contributed by atoms with Crippen LogP contribution < -0.4 is 4.74 Å². The Morgan fingerprint density at radius 3 is 2.84 bits per heavy atom. The first kappa shape index (κ1) is 15.8. The van der Waals surface area contributed by atoms with Crippen molar-refractivity contribution < 1.29 is 9.26 Å². The van der Waals surface area contributed by atoms with Crippen molar-refractivity contribution in [1.29, 1.82) is 0 Å². The molecular formula is C18H21N5O2. The Hall–Kier alpha value is -2.67. The number of methoxy groups -OCH3 is 1. The predicted molar refractivity (Wildman–Crippen MR) is 91.9 cm³/mol. The summed E-state index contributed by atoms with van der Waals surface area (Å²) in [6.07, 6.45) is 6.32. The number of benzene rings is 1. The minimum atomic E-state index is 0.366. The van der Waals surface area contributed by atoms with Gasteiger partial charge in [0.2, 0.25) is 11.7 Å². The molecule has 0 N–H and O–H groups in total. The first-order valence-corrected chi connectivity index (χ1v) is 8.42. The van der Waals surface area contributed by atoms with E-state index in [9.17, 15) is 0 Å². The van der Waals surface area contributed by atoms with Crippen LogP contribution in [0.15, 0.2) is 41.2 Å². The van der Waals surface area contributed by atoms with Gasteiger partial charge >= 0.3 is 0 Å². The number of hydrogen-bond acceptors (Lipinski definition) is 6. The molecule has 1 aromatic carbocycles. The molecule has 0 radical (unpaired) electrons. The molecule has 130 valence electrons. The average molecular weight is 339 g/mol. The molecule has 2 aromatic heterocycles. The monoisotopic (exact) mass is 339 g/mol. The van der Waals surface area contributed by atoms with Gasteiger partial charge in [0.1, 0.15) is 5.75 Å². The van der Waals surface area contributed by atoms with E-state index < -0.39 is 0 Å². The molecule has 7 nitrogen and oxygen atoms in total. The average Bonchev–Trinajstić information content (AvgIpc) is 3.36. The maximum Gasteiger partial charge on any atom is 0.241 e. The number of nitrogens with zero attached hydrogens (tertiary/aromatic N) is 5. The van der Waals surface area contributed by atoms with Crippen molar-refractivity contribution in [1.82, 2.24) is 24.8 Å². The number of aromatic nitrogens is 4. The van der Waals surface area contributed by atoms with Crippen molar-refractivity contribution in [3.63, 3.8) is 0 Å². The maximum atomic E-state index is 5.47. The Labute approximate surface area is 146 Å². The van der Waals surface area contributed by atoms with Gasteiger partial charge in [0.25, 0.3) is 0 Å². The summed E-state index contributed by atoms with van der Waals surface area (Å²) in [6.45, 7) is 1.68. The number of hydrogen-bond donors (Lipinski definition) is 0. The van der Waals surface area contributed by atoms with E-state index in [1.54, 1.807) is 7.11 Å². The second kappa shape index (κ2) is 6.68. The van der Waals surface area contributed by atoms with Gasteiger partial charge in [-0.1, -0.05) is 5.16 Å². The van der Waals surface area contributed by atoms with Gasteiger partial charge in [-0.05, 0) is 43.7 Å². The minimum Gasteiger partial charge on any atom is -0.497 e. The molecule has 7 heteroatoms. The molecule has 1 aliphatic rings. The second-order valence-electron chi connectivity index (χ2n) is 6.32. The second-order valence-corrected chi connectivity index (χ2v) is 6.32. The van der Waals surface area contributed by atoms with E-state index in [0.29, 0.717) is 24.3 Å². The highest BCUT2D eigenvalue weighted by Gasteiger charge is 2.28. The SMILES string of the molecule is COc1ccc(-c2noc(CN3CCC[C@H]3c3cnn(C)c3)n2)cc1. The molecule has 1 aliphatic heterocycles. The summed E-state index contributed by atoms with van der Waals surface area (Å²) in [7, 11) is 3.60. The van der Waals surface area contributed by atoms with E-state index in [-0.39, 0.29) is 0 Å². The molecule has 0 bridgehead atoms. The lowest BCUT2D eigenvalue weighted by Crippen LogP contribution is -2.22. The van der Waals surface area contributed by atoms with E-state index in [2.05, 4.69) is 26.3 Å². The van der Waals surface area contributed by atoms with Crippen LogP contribution in [0.3, 0.4) is 0 Å². The molecule has 1 fully saturated rings. The molecule has 3 heterocycles. The molecule has 0 spiro atoms. The zero-order valence-electron chi connectivity index (χ0n) is 14.4. The molecule has 0 amide bonds. The van der Waals surface area contributed by atoms with Crippen molar-refractivity contribution in [2.75, 3.05) is 13.7 Å². The number of aryl methyl sites for hydroxylation is 1. The Balaban J connectivity index is 1.48. The van der Waals surface area contributed by atoms with Crippen LogP contribution in [-0.4, -0.2) is 38.5 Å². The van der Waals surface area contributed by atoms with Crippen LogP contribution in [0.1, 0.15) is 30.3 Å². The van der Waals surface area contributed by atoms with E-state index >= 15 is 0 Å². The van der Waals surface area contributed by atoms with Crippen molar-refractivity contribution in [3.05, 3.63) is 48.1 Å². The molecule has 25 heavy (non-hydrogen) atoms. The third-order valence-corrected chi connectivity index (χ3v) is 4.63.